The molecule has 0 saturated heterocycles. The minimum atomic E-state index is -0.908. The van der Waals surface area contributed by atoms with E-state index in [1.807, 2.05) is 0 Å². The molecule has 101 heavy (non-hydrogen) atoms. The summed E-state index contributed by atoms with van der Waals surface area (Å²) in [6.45, 7) is 1.42. The number of rotatable bonds is 84. The van der Waals surface area contributed by atoms with Crippen LogP contribution >= 0.6 is 0 Å². The van der Waals surface area contributed by atoms with Crippen LogP contribution in [0.1, 0.15) is 514 Å². The van der Waals surface area contributed by atoms with Gasteiger partial charge >= 0.3 is 26.2 Å². The first-order valence-electron chi connectivity index (χ1n) is 44.3. The zero-order chi connectivity index (χ0) is 73.7. The smallest absolute Gasteiger partial charge is 0.550 e. The molecule has 0 aliphatic carbocycles. The normalized spacial score (nSPS) is 11.0. The molecule has 0 fully saturated rings. The van der Waals surface area contributed by atoms with Crippen molar-refractivity contribution >= 4 is 23.9 Å². The van der Waals surface area contributed by atoms with Crippen molar-refractivity contribution in [1.29, 1.82) is 0 Å². The molecule has 0 radical (unpaired) electrons. The second kappa shape index (κ2) is 105. The van der Waals surface area contributed by atoms with Gasteiger partial charge in [-0.05, 0) is 77.0 Å². The Hall–Kier alpha value is -1.40. The Morgan fingerprint density at radius 3 is 0.248 bits per heavy atom. The average Bonchev–Trinajstić information content (AvgIpc) is 3.66. The minimum Gasteiger partial charge on any atom is -0.550 e. The van der Waals surface area contributed by atoms with Crippen LogP contribution in [0.25, 0.3) is 0 Å². The van der Waals surface area contributed by atoms with E-state index < -0.39 is 23.9 Å². The van der Waals surface area contributed by atoms with Crippen LogP contribution in [-0.2, 0) is 45.4 Å². The molecule has 0 unspecified atom stereocenters. The monoisotopic (exact) mass is 1510 g/mol. The number of aliphatic hydroxyl groups excluding tert-OH is 4. The van der Waals surface area contributed by atoms with Crippen LogP contribution in [0.4, 0.5) is 0 Å². The number of hydrogen-bond donors (Lipinski definition) is 4. The zero-order valence-corrected chi connectivity index (χ0v) is 69.4. The van der Waals surface area contributed by atoms with Crippen molar-refractivity contribution in [1.82, 2.24) is 0 Å². The van der Waals surface area contributed by atoms with Gasteiger partial charge in [-0.1, -0.05) is 437 Å². The Morgan fingerprint density at radius 1 is 0.129 bits per heavy atom. The Labute approximate surface area is 646 Å². The molecule has 0 aromatic heterocycles. The van der Waals surface area contributed by atoms with Crippen molar-refractivity contribution in [2.24, 2.45) is 0 Å². The van der Waals surface area contributed by atoms with Gasteiger partial charge in [0.25, 0.3) is 0 Å². The SMILES string of the molecule is O=C([O-])CCCCCCCCCCCCCCCCCCCCCO.O=C([O-])CCCCCCCCCCCCCCCCCCCCCO.O=C([O-])CCCCCCCCCCCCCCCCCCCCCO.O=C([O-])CCCCCCCCCCCCCCCCCCCCCO.[Zr+4]. The Morgan fingerprint density at radius 2 is 0.188 bits per heavy atom. The van der Waals surface area contributed by atoms with Crippen molar-refractivity contribution in [2.75, 3.05) is 26.4 Å². The Bertz CT molecular complexity index is 1290. The van der Waals surface area contributed by atoms with Crippen LogP contribution in [0.2, 0.25) is 0 Å². The summed E-state index contributed by atoms with van der Waals surface area (Å²) in [7, 11) is 0. The van der Waals surface area contributed by atoms with Gasteiger partial charge in [0.1, 0.15) is 0 Å². The van der Waals surface area contributed by atoms with E-state index in [2.05, 4.69) is 0 Å². The third kappa shape index (κ3) is 123. The molecule has 0 aliphatic heterocycles. The standard InChI is InChI=1S/4C22H44O3.Zr/c4*23-21-19-17-15-13-11-9-7-5-3-1-2-4-6-8-10-12-14-16-18-20-22(24)25;/h4*23H,1-21H2,(H,24,25);/q;;;;+4/p-4. The molecule has 12 nitrogen and oxygen atoms in total. The molecule has 4 N–H and O–H groups in total. The predicted molar refractivity (Wildman–Crippen MR) is 418 cm³/mol. The van der Waals surface area contributed by atoms with Crippen molar-refractivity contribution < 1.29 is 86.2 Å². The van der Waals surface area contributed by atoms with E-state index in [4.69, 9.17) is 20.4 Å². The maximum absolute atomic E-state index is 10.3. The fourth-order valence-corrected chi connectivity index (χ4v) is 13.5. The molecule has 0 aromatic rings. The molecule has 0 spiro atoms. The van der Waals surface area contributed by atoms with Gasteiger partial charge in [0.2, 0.25) is 0 Å². The van der Waals surface area contributed by atoms with Crippen molar-refractivity contribution in [3.8, 4) is 0 Å². The Kier molecular flexibility index (Phi) is 112. The molecule has 13 heteroatoms. The predicted octanol–water partition coefficient (Wildman–Crippen LogP) is 22.1. The number of aliphatic hydroxyl groups is 4. The molecular weight excluding hydrogens is 1340 g/mol. The molecule has 0 aromatic carbocycles. The summed E-state index contributed by atoms with van der Waals surface area (Å²) in [6, 6.07) is 0. The number of carboxylic acid groups (broad SMARTS) is 4. The zero-order valence-electron chi connectivity index (χ0n) is 67.0. The fraction of sp³-hybridized carbons (Fsp3) is 0.955. The summed E-state index contributed by atoms with van der Waals surface area (Å²) in [5.74, 6) is -3.63. The van der Waals surface area contributed by atoms with Crippen LogP contribution in [-0.4, -0.2) is 70.7 Å². The number of carboxylic acids is 4. The summed E-state index contributed by atoms with van der Waals surface area (Å²) in [4.78, 5) is 41.1. The molecular formula is C88H172O12Zr. The van der Waals surface area contributed by atoms with Gasteiger partial charge in [-0.25, -0.2) is 0 Å². The third-order valence-electron chi connectivity index (χ3n) is 20.2. The number of hydrogen-bond acceptors (Lipinski definition) is 12. The summed E-state index contributed by atoms with van der Waals surface area (Å²) >= 11 is 0. The second-order valence-electron chi connectivity index (χ2n) is 30.3. The largest absolute Gasteiger partial charge is 4.00 e. The molecule has 600 valence electrons. The third-order valence-corrected chi connectivity index (χ3v) is 20.2. The van der Waals surface area contributed by atoms with Crippen molar-refractivity contribution in [3.63, 3.8) is 0 Å². The first-order valence-corrected chi connectivity index (χ1v) is 44.3. The van der Waals surface area contributed by atoms with Gasteiger partial charge < -0.3 is 60.0 Å². The maximum Gasteiger partial charge on any atom is 4.00 e. The van der Waals surface area contributed by atoms with E-state index in [-0.39, 0.29) is 51.9 Å². The van der Waals surface area contributed by atoms with E-state index in [9.17, 15) is 39.6 Å². The summed E-state index contributed by atoms with van der Waals surface area (Å²) in [6.07, 6.45) is 97.9. The molecule has 0 aliphatic rings. The van der Waals surface area contributed by atoms with Gasteiger partial charge in [0.05, 0.1) is 0 Å². The van der Waals surface area contributed by atoms with E-state index in [0.717, 1.165) is 77.0 Å². The van der Waals surface area contributed by atoms with Gasteiger partial charge in [-0.15, -0.1) is 0 Å². The molecule has 0 amide bonds. The first kappa shape index (κ1) is 108. The molecule has 0 rings (SSSR count). The van der Waals surface area contributed by atoms with Gasteiger partial charge in [-0.2, -0.15) is 0 Å². The summed E-state index contributed by atoms with van der Waals surface area (Å²) in [5.41, 5.74) is 0. The van der Waals surface area contributed by atoms with Crippen LogP contribution in [0, 0.1) is 0 Å². The quantitative estimate of drug-likeness (QED) is 0.0416. The summed E-state index contributed by atoms with van der Waals surface area (Å²) < 4.78 is 0. The second-order valence-corrected chi connectivity index (χ2v) is 30.3. The number of carbonyl (C=O) groups excluding carboxylic acids is 4. The first-order chi connectivity index (χ1) is 49.1. The topological polar surface area (TPSA) is 241 Å². The Balaban J connectivity index is -0.000000404. The molecule has 0 bridgehead atoms. The van der Waals surface area contributed by atoms with Crippen molar-refractivity contribution in [2.45, 2.75) is 514 Å². The molecule has 0 saturated carbocycles. The molecule has 0 atom stereocenters. The van der Waals surface area contributed by atoms with Crippen LogP contribution in [0.15, 0.2) is 0 Å². The number of unbranched alkanes of at least 4 members (excludes halogenated alkanes) is 72. The van der Waals surface area contributed by atoms with E-state index in [1.54, 1.807) is 0 Å². The fourth-order valence-electron chi connectivity index (χ4n) is 13.5. The number of aliphatic carboxylic acids is 4. The van der Waals surface area contributed by atoms with Gasteiger partial charge in [-0.3, -0.25) is 0 Å². The molecule has 0 heterocycles. The van der Waals surface area contributed by atoms with Crippen LogP contribution < -0.4 is 20.4 Å². The van der Waals surface area contributed by atoms with Crippen LogP contribution in [0.3, 0.4) is 0 Å². The van der Waals surface area contributed by atoms with Crippen molar-refractivity contribution in [3.05, 3.63) is 0 Å². The minimum absolute atomic E-state index is 0. The van der Waals surface area contributed by atoms with Gasteiger partial charge in [0, 0.05) is 50.3 Å². The summed E-state index contributed by atoms with van der Waals surface area (Å²) in [5, 5.41) is 75.9. The van der Waals surface area contributed by atoms with Gasteiger partial charge in [0.15, 0.2) is 0 Å². The average molecular weight is 1510 g/mol. The van der Waals surface area contributed by atoms with E-state index >= 15 is 0 Å². The van der Waals surface area contributed by atoms with E-state index in [1.165, 1.54) is 411 Å². The number of carbonyl (C=O) groups is 4. The van der Waals surface area contributed by atoms with E-state index in [0.29, 0.717) is 26.4 Å². The van der Waals surface area contributed by atoms with Crippen LogP contribution in [0.5, 0.6) is 0 Å². The maximum atomic E-state index is 10.3.